The Morgan fingerprint density at radius 1 is 1.21 bits per heavy atom. The average molecular weight is 471 g/mol. The van der Waals surface area contributed by atoms with Gasteiger partial charge in [-0.15, -0.1) is 11.3 Å². The Kier molecular flexibility index (Phi) is 7.13. The molecule has 2 N–H and O–H groups in total. The molecule has 2 fully saturated rings. The first-order chi connectivity index (χ1) is 15.8. The van der Waals surface area contributed by atoms with Crippen molar-refractivity contribution in [2.75, 3.05) is 57.4 Å². The highest BCUT2D eigenvalue weighted by Crippen LogP contribution is 2.34. The maximum atomic E-state index is 12.5. The molecule has 0 radical (unpaired) electrons. The number of allylic oxidation sites excluding steroid dienone is 3. The van der Waals surface area contributed by atoms with Crippen LogP contribution in [0.25, 0.3) is 15.8 Å². The van der Waals surface area contributed by atoms with Gasteiger partial charge < -0.3 is 20.3 Å². The Hall–Kier alpha value is -2.33. The van der Waals surface area contributed by atoms with Crippen LogP contribution in [0.2, 0.25) is 0 Å². The number of ether oxygens (including phenoxy) is 1. The van der Waals surface area contributed by atoms with Crippen molar-refractivity contribution in [3.63, 3.8) is 0 Å². The number of piperazine rings is 1. The number of fused-ring (bicyclic) bond motifs is 1. The van der Waals surface area contributed by atoms with Gasteiger partial charge in [-0.2, -0.15) is 0 Å². The number of amides is 1. The lowest BCUT2D eigenvalue weighted by molar-refractivity contribution is -0.137. The summed E-state index contributed by atoms with van der Waals surface area (Å²) < 4.78 is 6.67. The van der Waals surface area contributed by atoms with E-state index in [2.05, 4.69) is 22.4 Å². The number of nitrogens with zero attached hydrogens (tertiary/aromatic N) is 5. The molecule has 33 heavy (non-hydrogen) atoms. The monoisotopic (exact) mass is 470 g/mol. The van der Waals surface area contributed by atoms with E-state index >= 15 is 0 Å². The molecule has 9 heteroatoms. The number of morpholine rings is 1. The molecule has 8 nitrogen and oxygen atoms in total. The minimum Gasteiger partial charge on any atom is -0.378 e. The van der Waals surface area contributed by atoms with Crippen molar-refractivity contribution in [1.82, 2.24) is 19.8 Å². The molecule has 2 aliphatic heterocycles. The summed E-state index contributed by atoms with van der Waals surface area (Å²) in [7, 11) is 0. The number of thiophene rings is 1. The molecule has 0 bridgehead atoms. The van der Waals surface area contributed by atoms with E-state index in [-0.39, 0.29) is 5.91 Å². The van der Waals surface area contributed by atoms with Crippen molar-refractivity contribution in [3.05, 3.63) is 35.5 Å². The van der Waals surface area contributed by atoms with E-state index in [4.69, 9.17) is 20.4 Å². The van der Waals surface area contributed by atoms with E-state index in [0.29, 0.717) is 32.1 Å². The summed E-state index contributed by atoms with van der Waals surface area (Å²) in [4.78, 5) is 30.1. The van der Waals surface area contributed by atoms with Crippen molar-refractivity contribution < 1.29 is 9.53 Å². The summed E-state index contributed by atoms with van der Waals surface area (Å²) in [6, 6.07) is 2.19. The van der Waals surface area contributed by atoms with Crippen molar-refractivity contribution >= 4 is 38.9 Å². The molecule has 0 spiro atoms. The number of carbonyl (C=O) groups is 1. The second-order valence-electron chi connectivity index (χ2n) is 9.14. The van der Waals surface area contributed by atoms with E-state index in [0.717, 1.165) is 54.3 Å². The summed E-state index contributed by atoms with van der Waals surface area (Å²) in [6.07, 6.45) is 3.80. The topological polar surface area (TPSA) is 87.8 Å². The summed E-state index contributed by atoms with van der Waals surface area (Å²) in [5.74, 6) is 1.71. The predicted molar refractivity (Wildman–Crippen MR) is 134 cm³/mol. The molecule has 0 aromatic carbocycles. The minimum absolute atomic E-state index is 0.0176. The van der Waals surface area contributed by atoms with Crippen LogP contribution in [-0.2, 0) is 16.1 Å². The fourth-order valence-corrected chi connectivity index (χ4v) is 5.39. The molecule has 2 aliphatic rings. The summed E-state index contributed by atoms with van der Waals surface area (Å²) in [5, 5.41) is 0. The maximum absolute atomic E-state index is 12.5. The third kappa shape index (κ3) is 5.27. The molecule has 178 valence electrons. The zero-order valence-corrected chi connectivity index (χ0v) is 20.7. The van der Waals surface area contributed by atoms with Crippen LogP contribution in [0.4, 0.5) is 5.82 Å². The van der Waals surface area contributed by atoms with Gasteiger partial charge in [-0.3, -0.25) is 9.69 Å². The lowest BCUT2D eigenvalue weighted by Gasteiger charge is -2.37. The van der Waals surface area contributed by atoms with Crippen molar-refractivity contribution in [3.8, 4) is 0 Å². The lowest BCUT2D eigenvalue weighted by Crippen LogP contribution is -2.56. The molecule has 4 heterocycles. The van der Waals surface area contributed by atoms with Gasteiger partial charge >= 0.3 is 0 Å². The van der Waals surface area contributed by atoms with Crippen LogP contribution in [-0.4, -0.2) is 83.7 Å². The van der Waals surface area contributed by atoms with Crippen LogP contribution in [0.3, 0.4) is 0 Å². The minimum atomic E-state index is -0.822. The van der Waals surface area contributed by atoms with Gasteiger partial charge in [-0.05, 0) is 26.8 Å². The van der Waals surface area contributed by atoms with Crippen LogP contribution in [0, 0.1) is 0 Å². The van der Waals surface area contributed by atoms with Gasteiger partial charge in [0.15, 0.2) is 11.6 Å². The fourth-order valence-electron chi connectivity index (χ4n) is 4.24. The third-order valence-corrected chi connectivity index (χ3v) is 7.20. The van der Waals surface area contributed by atoms with E-state index in [1.54, 1.807) is 31.3 Å². The molecule has 2 aromatic rings. The predicted octanol–water partition coefficient (Wildman–Crippen LogP) is 2.50. The van der Waals surface area contributed by atoms with Crippen LogP contribution in [0.1, 0.15) is 31.5 Å². The van der Waals surface area contributed by atoms with Crippen LogP contribution >= 0.6 is 11.3 Å². The Labute approximate surface area is 199 Å². The highest BCUT2D eigenvalue weighted by atomic mass is 32.1. The van der Waals surface area contributed by atoms with Gasteiger partial charge in [0.1, 0.15) is 0 Å². The van der Waals surface area contributed by atoms with Crippen LogP contribution in [0.15, 0.2) is 24.8 Å². The van der Waals surface area contributed by atoms with Crippen molar-refractivity contribution in [2.24, 2.45) is 5.73 Å². The van der Waals surface area contributed by atoms with Gasteiger partial charge in [0.2, 0.25) is 5.91 Å². The molecular weight excluding hydrogens is 436 g/mol. The average Bonchev–Trinajstić information content (AvgIpc) is 3.21. The maximum Gasteiger partial charge on any atom is 0.242 e. The second-order valence-corrected chi connectivity index (χ2v) is 10.3. The first kappa shape index (κ1) is 23.8. The van der Waals surface area contributed by atoms with E-state index in [9.17, 15) is 4.79 Å². The highest BCUT2D eigenvalue weighted by Gasteiger charge is 2.30. The normalized spacial score (nSPS) is 18.7. The van der Waals surface area contributed by atoms with E-state index in [1.165, 1.54) is 4.88 Å². The molecule has 1 amide bonds. The highest BCUT2D eigenvalue weighted by molar-refractivity contribution is 7.19. The Morgan fingerprint density at radius 3 is 2.52 bits per heavy atom. The molecule has 2 saturated heterocycles. The quantitative estimate of drug-likeness (QED) is 0.649. The molecule has 0 aliphatic carbocycles. The number of nitrogens with two attached hydrogens (primary N) is 1. The van der Waals surface area contributed by atoms with Crippen LogP contribution in [0.5, 0.6) is 0 Å². The van der Waals surface area contributed by atoms with Gasteiger partial charge in [-0.25, -0.2) is 9.97 Å². The largest absolute Gasteiger partial charge is 0.378 e. The number of hydrogen-bond donors (Lipinski definition) is 1. The van der Waals surface area contributed by atoms with Gasteiger partial charge in [0, 0.05) is 56.3 Å². The molecule has 0 unspecified atom stereocenters. The SMILES string of the molecule is C=C/C(=C\C)c1nc(N2CCOCC2)c2sc(CN3CCN(C(=O)C(C)(C)N)CC3)cc2n1. The first-order valence-corrected chi connectivity index (χ1v) is 12.3. The Bertz CT molecular complexity index is 1040. The lowest BCUT2D eigenvalue weighted by atomic mass is 10.0. The summed E-state index contributed by atoms with van der Waals surface area (Å²) in [5.41, 5.74) is 7.09. The fraction of sp³-hybridized carbons (Fsp3) is 0.542. The molecule has 0 atom stereocenters. The van der Waals surface area contributed by atoms with Crippen molar-refractivity contribution in [2.45, 2.75) is 32.9 Å². The zero-order chi connectivity index (χ0) is 23.6. The van der Waals surface area contributed by atoms with E-state index in [1.807, 2.05) is 17.9 Å². The molecular formula is C24H34N6O2S. The number of anilines is 1. The van der Waals surface area contributed by atoms with Crippen molar-refractivity contribution in [1.29, 1.82) is 0 Å². The third-order valence-electron chi connectivity index (χ3n) is 6.09. The second kappa shape index (κ2) is 9.89. The van der Waals surface area contributed by atoms with E-state index < -0.39 is 5.54 Å². The Morgan fingerprint density at radius 2 is 1.91 bits per heavy atom. The molecule has 4 rings (SSSR count). The van der Waals surface area contributed by atoms with Gasteiger partial charge in [0.25, 0.3) is 0 Å². The number of hydrogen-bond acceptors (Lipinski definition) is 8. The summed E-state index contributed by atoms with van der Waals surface area (Å²) in [6.45, 7) is 16.4. The molecule has 2 aromatic heterocycles. The number of aromatic nitrogens is 2. The Balaban J connectivity index is 1.56. The number of carbonyl (C=O) groups excluding carboxylic acids is 1. The zero-order valence-electron chi connectivity index (χ0n) is 19.8. The molecule has 0 saturated carbocycles. The smallest absolute Gasteiger partial charge is 0.242 e. The van der Waals surface area contributed by atoms with Gasteiger partial charge in [0.05, 0.1) is 29.0 Å². The van der Waals surface area contributed by atoms with Gasteiger partial charge in [-0.1, -0.05) is 18.7 Å². The first-order valence-electron chi connectivity index (χ1n) is 11.5. The summed E-state index contributed by atoms with van der Waals surface area (Å²) >= 11 is 1.76. The van der Waals surface area contributed by atoms with Crippen LogP contribution < -0.4 is 10.6 Å². The standard InChI is InChI=1S/C24H34N6O2S/c1-5-17(6-2)21-26-19-15-18(33-20(19)22(27-21)29-11-13-32-14-12-29)16-28-7-9-30(10-8-28)23(31)24(3,4)25/h5-6,15H,1,7-14,16,25H2,2-4H3/b17-6+. The number of rotatable bonds is 6.